The van der Waals surface area contributed by atoms with Crippen LogP contribution in [0, 0.1) is 0 Å². The zero-order valence-corrected chi connectivity index (χ0v) is 19.6. The Balaban J connectivity index is 1.57. The molecule has 0 spiro atoms. The topological polar surface area (TPSA) is 58.2 Å². The fourth-order valence-electron chi connectivity index (χ4n) is 2.69. The number of Topliss-reactive ketones (excluding diaryl/α,β-unsaturated/α-hetero) is 2. The Morgan fingerprint density at radius 1 is 0.935 bits per heavy atom. The lowest BCUT2D eigenvalue weighted by Gasteiger charge is -2.12. The van der Waals surface area contributed by atoms with E-state index in [-0.39, 0.29) is 17.3 Å². The van der Waals surface area contributed by atoms with Crippen LogP contribution in [0.2, 0.25) is 10.0 Å². The van der Waals surface area contributed by atoms with Gasteiger partial charge >= 0.3 is 0 Å². The van der Waals surface area contributed by atoms with Gasteiger partial charge in [-0.05, 0) is 79.8 Å². The molecule has 3 aromatic carbocycles. The third-order valence-corrected chi connectivity index (χ3v) is 5.99. The van der Waals surface area contributed by atoms with Gasteiger partial charge in [-0.2, -0.15) is 0 Å². The largest absolute Gasteiger partial charge is 0.332 e. The average molecular weight is 489 g/mol. The quantitative estimate of drug-likeness (QED) is 0.212. The Labute approximate surface area is 200 Å². The summed E-state index contributed by atoms with van der Waals surface area (Å²) < 4.78 is 0. The van der Waals surface area contributed by atoms with Crippen molar-refractivity contribution >= 4 is 75.2 Å². The number of ketones is 2. The van der Waals surface area contributed by atoms with Crippen molar-refractivity contribution in [1.82, 2.24) is 0 Å². The Hall–Kier alpha value is -2.38. The molecule has 0 amide bonds. The average Bonchev–Trinajstić information content (AvgIpc) is 2.72. The van der Waals surface area contributed by atoms with Gasteiger partial charge in [0.25, 0.3) is 0 Å². The molecule has 0 fully saturated rings. The van der Waals surface area contributed by atoms with E-state index < -0.39 is 0 Å². The van der Waals surface area contributed by atoms with E-state index in [4.69, 9.17) is 35.4 Å². The molecule has 0 aliphatic rings. The molecule has 0 atom stereocenters. The van der Waals surface area contributed by atoms with Crippen LogP contribution in [0.3, 0.4) is 0 Å². The van der Waals surface area contributed by atoms with Gasteiger partial charge in [-0.15, -0.1) is 11.8 Å². The number of nitrogens with one attached hydrogen (secondary N) is 2. The summed E-state index contributed by atoms with van der Waals surface area (Å²) >= 11 is 18.8. The van der Waals surface area contributed by atoms with Crippen LogP contribution in [-0.4, -0.2) is 22.4 Å². The van der Waals surface area contributed by atoms with Crippen molar-refractivity contribution in [3.8, 4) is 0 Å². The molecule has 0 saturated carbocycles. The second-order valence-corrected chi connectivity index (χ2v) is 8.88. The third kappa shape index (κ3) is 6.80. The fraction of sp³-hybridized carbons (Fsp3) is 0.0870. The minimum atomic E-state index is -0.0729. The number of halogens is 2. The lowest BCUT2D eigenvalue weighted by Crippen LogP contribution is -2.19. The lowest BCUT2D eigenvalue weighted by atomic mass is 10.1. The Kier molecular flexibility index (Phi) is 8.09. The second kappa shape index (κ2) is 10.8. The molecule has 0 saturated heterocycles. The summed E-state index contributed by atoms with van der Waals surface area (Å²) in [7, 11) is 0. The second-order valence-electron chi connectivity index (χ2n) is 6.58. The molecule has 158 valence electrons. The van der Waals surface area contributed by atoms with Crippen LogP contribution in [0.25, 0.3) is 0 Å². The maximum Gasteiger partial charge on any atom is 0.175 e. The van der Waals surface area contributed by atoms with Crippen molar-refractivity contribution in [2.24, 2.45) is 0 Å². The first-order chi connectivity index (χ1) is 14.8. The number of hydrogen-bond donors (Lipinski definition) is 2. The van der Waals surface area contributed by atoms with Crippen LogP contribution >= 0.6 is 47.2 Å². The van der Waals surface area contributed by atoms with E-state index in [9.17, 15) is 9.59 Å². The molecule has 0 radical (unpaired) electrons. The van der Waals surface area contributed by atoms with Gasteiger partial charge in [0, 0.05) is 32.4 Å². The van der Waals surface area contributed by atoms with E-state index in [1.165, 1.54) is 18.7 Å². The van der Waals surface area contributed by atoms with Crippen LogP contribution in [0.1, 0.15) is 27.6 Å². The highest BCUT2D eigenvalue weighted by molar-refractivity contribution is 8.00. The molecular formula is C23H18Cl2N2O2S2. The third-order valence-electron chi connectivity index (χ3n) is 4.24. The summed E-state index contributed by atoms with van der Waals surface area (Å²) in [6.07, 6.45) is 0. The standard InChI is InChI=1S/C23H18Cl2N2O2S2/c1-14(28)15-5-8-17(9-6-15)26-23(30)27-18-3-2-4-19(12-18)31-13-22(29)20-10-7-16(24)11-21(20)25/h2-12H,13H2,1H3,(H2,26,27,30). The van der Waals surface area contributed by atoms with Gasteiger partial charge in [-0.3, -0.25) is 9.59 Å². The van der Waals surface area contributed by atoms with E-state index in [1.54, 1.807) is 42.5 Å². The predicted molar refractivity (Wildman–Crippen MR) is 134 cm³/mol. The first-order valence-corrected chi connectivity index (χ1v) is 11.4. The van der Waals surface area contributed by atoms with Crippen molar-refractivity contribution in [2.45, 2.75) is 11.8 Å². The number of thiocarbonyl (C=S) groups is 1. The molecule has 2 N–H and O–H groups in total. The van der Waals surface area contributed by atoms with Crippen molar-refractivity contribution in [3.63, 3.8) is 0 Å². The van der Waals surface area contributed by atoms with Crippen LogP contribution < -0.4 is 10.6 Å². The summed E-state index contributed by atoms with van der Waals surface area (Å²) in [5.41, 5.74) is 2.66. The summed E-state index contributed by atoms with van der Waals surface area (Å²) in [5.74, 6) is 0.185. The first-order valence-electron chi connectivity index (χ1n) is 9.22. The van der Waals surface area contributed by atoms with E-state index in [0.29, 0.717) is 26.3 Å². The predicted octanol–water partition coefficient (Wildman–Crippen LogP) is 6.98. The normalized spacial score (nSPS) is 10.4. The molecule has 3 rings (SSSR count). The SMILES string of the molecule is CC(=O)c1ccc(NC(=S)Nc2cccc(SCC(=O)c3ccc(Cl)cc3Cl)c2)cc1. The highest BCUT2D eigenvalue weighted by Crippen LogP contribution is 2.26. The van der Waals surface area contributed by atoms with E-state index in [2.05, 4.69) is 10.6 Å². The van der Waals surface area contributed by atoms with Gasteiger partial charge in [0.1, 0.15) is 0 Å². The van der Waals surface area contributed by atoms with Crippen LogP contribution in [-0.2, 0) is 0 Å². The summed E-state index contributed by atoms with van der Waals surface area (Å²) in [6.45, 7) is 1.53. The number of benzene rings is 3. The van der Waals surface area contributed by atoms with Crippen LogP contribution in [0.15, 0.2) is 71.6 Å². The highest BCUT2D eigenvalue weighted by Gasteiger charge is 2.11. The van der Waals surface area contributed by atoms with Gasteiger partial charge in [-0.25, -0.2) is 0 Å². The monoisotopic (exact) mass is 488 g/mol. The Bertz CT molecular complexity index is 1130. The van der Waals surface area contributed by atoms with E-state index in [1.807, 2.05) is 24.3 Å². The Morgan fingerprint density at radius 3 is 2.32 bits per heavy atom. The zero-order chi connectivity index (χ0) is 22.4. The molecule has 0 bridgehead atoms. The number of carbonyl (C=O) groups is 2. The number of rotatable bonds is 7. The minimum absolute atomic E-state index is 0.0124. The van der Waals surface area contributed by atoms with Crippen molar-refractivity contribution in [2.75, 3.05) is 16.4 Å². The van der Waals surface area contributed by atoms with Crippen LogP contribution in [0.4, 0.5) is 11.4 Å². The van der Waals surface area contributed by atoms with E-state index >= 15 is 0 Å². The first kappa shape index (κ1) is 23.3. The highest BCUT2D eigenvalue weighted by atomic mass is 35.5. The molecule has 0 aromatic heterocycles. The number of anilines is 2. The maximum atomic E-state index is 12.5. The zero-order valence-electron chi connectivity index (χ0n) is 16.4. The summed E-state index contributed by atoms with van der Waals surface area (Å²) in [6, 6.07) is 19.5. The fourth-order valence-corrected chi connectivity index (χ4v) is 4.28. The Morgan fingerprint density at radius 2 is 1.65 bits per heavy atom. The van der Waals surface area contributed by atoms with Gasteiger partial charge in [-0.1, -0.05) is 29.3 Å². The molecule has 31 heavy (non-hydrogen) atoms. The van der Waals surface area contributed by atoms with Gasteiger partial charge in [0.15, 0.2) is 16.7 Å². The summed E-state index contributed by atoms with van der Waals surface area (Å²) in [4.78, 5) is 24.7. The smallest absolute Gasteiger partial charge is 0.175 e. The number of carbonyl (C=O) groups excluding carboxylic acids is 2. The molecule has 0 unspecified atom stereocenters. The molecule has 4 nitrogen and oxygen atoms in total. The summed E-state index contributed by atoms with van der Waals surface area (Å²) in [5, 5.41) is 7.46. The van der Waals surface area contributed by atoms with Gasteiger partial charge in [0.2, 0.25) is 0 Å². The van der Waals surface area contributed by atoms with E-state index in [0.717, 1.165) is 16.3 Å². The molecule has 0 aliphatic heterocycles. The molecule has 0 heterocycles. The van der Waals surface area contributed by atoms with Crippen molar-refractivity contribution in [1.29, 1.82) is 0 Å². The number of hydrogen-bond acceptors (Lipinski definition) is 4. The van der Waals surface area contributed by atoms with Gasteiger partial charge < -0.3 is 10.6 Å². The maximum absolute atomic E-state index is 12.5. The lowest BCUT2D eigenvalue weighted by molar-refractivity contribution is 0.101. The molecule has 8 heteroatoms. The minimum Gasteiger partial charge on any atom is -0.332 e. The molecule has 3 aromatic rings. The van der Waals surface area contributed by atoms with Gasteiger partial charge in [0.05, 0.1) is 10.8 Å². The van der Waals surface area contributed by atoms with Crippen molar-refractivity contribution < 1.29 is 9.59 Å². The molecule has 0 aliphatic carbocycles. The number of thioether (sulfide) groups is 1. The van der Waals surface area contributed by atoms with Crippen LogP contribution in [0.5, 0.6) is 0 Å². The van der Waals surface area contributed by atoms with Crippen molar-refractivity contribution in [3.05, 3.63) is 87.9 Å². The molecular weight excluding hydrogens is 471 g/mol.